The number of aromatic nitrogens is 2. The van der Waals surface area contributed by atoms with Crippen LogP contribution in [0.15, 0.2) is 65.2 Å². The van der Waals surface area contributed by atoms with Gasteiger partial charge in [0.25, 0.3) is 0 Å². The molecule has 2 aromatic carbocycles. The van der Waals surface area contributed by atoms with E-state index in [9.17, 15) is 4.79 Å². The molecule has 0 bridgehead atoms. The Bertz CT molecular complexity index is 1100. The number of nitrogens with zero attached hydrogens (tertiary/aromatic N) is 2. The number of benzene rings is 2. The maximum absolute atomic E-state index is 11.6. The summed E-state index contributed by atoms with van der Waals surface area (Å²) in [5.41, 5.74) is 5.41. The van der Waals surface area contributed by atoms with Crippen LogP contribution in [0.25, 0.3) is 33.7 Å². The number of carbonyl (C=O) groups is 1. The maximum Gasteiger partial charge on any atom is 0.358 e. The van der Waals surface area contributed by atoms with E-state index in [-0.39, 0.29) is 5.69 Å². The minimum atomic E-state index is -0.524. The van der Waals surface area contributed by atoms with Gasteiger partial charge in [0, 0.05) is 11.6 Å². The fourth-order valence-electron chi connectivity index (χ4n) is 2.99. The molecule has 5 heteroatoms. The standard InChI is InChI=1S/C21H16N2O3/c1-13-15(14-7-4-3-5-8-14)9-6-10-16(13)19-11-17-20(26-19)22-12-18(23-17)21(24)25-2/h3-12H,1-2H3. The third-order valence-electron chi connectivity index (χ3n) is 4.32. The molecule has 0 saturated heterocycles. The highest BCUT2D eigenvalue weighted by Crippen LogP contribution is 2.33. The van der Waals surface area contributed by atoms with Crippen LogP contribution in [0.1, 0.15) is 16.1 Å². The van der Waals surface area contributed by atoms with Gasteiger partial charge >= 0.3 is 5.97 Å². The highest BCUT2D eigenvalue weighted by Gasteiger charge is 2.15. The van der Waals surface area contributed by atoms with Gasteiger partial charge in [0.15, 0.2) is 5.69 Å². The zero-order valence-electron chi connectivity index (χ0n) is 14.4. The Balaban J connectivity index is 1.82. The minimum absolute atomic E-state index is 0.155. The van der Waals surface area contributed by atoms with E-state index in [1.54, 1.807) is 6.07 Å². The molecule has 0 aliphatic heterocycles. The van der Waals surface area contributed by atoms with E-state index in [0.717, 1.165) is 22.3 Å². The van der Waals surface area contributed by atoms with Crippen LogP contribution in [0.2, 0.25) is 0 Å². The topological polar surface area (TPSA) is 65.2 Å². The summed E-state index contributed by atoms with van der Waals surface area (Å²) in [4.78, 5) is 20.1. The molecule has 4 aromatic rings. The molecule has 0 spiro atoms. The van der Waals surface area contributed by atoms with Crippen molar-refractivity contribution < 1.29 is 13.9 Å². The summed E-state index contributed by atoms with van der Waals surface area (Å²) < 4.78 is 10.6. The molecule has 0 amide bonds. The lowest BCUT2D eigenvalue weighted by Crippen LogP contribution is -2.04. The average molecular weight is 344 g/mol. The predicted molar refractivity (Wildman–Crippen MR) is 98.8 cm³/mol. The normalized spacial score (nSPS) is 10.8. The van der Waals surface area contributed by atoms with E-state index in [1.807, 2.05) is 30.3 Å². The molecular formula is C21H16N2O3. The number of fused-ring (bicyclic) bond motifs is 1. The van der Waals surface area contributed by atoms with Crippen molar-refractivity contribution in [1.82, 2.24) is 9.97 Å². The van der Waals surface area contributed by atoms with Crippen LogP contribution in [0.3, 0.4) is 0 Å². The van der Waals surface area contributed by atoms with Crippen molar-refractivity contribution in [3.8, 4) is 22.5 Å². The second-order valence-corrected chi connectivity index (χ2v) is 5.89. The SMILES string of the molecule is COC(=O)c1cnc2oc(-c3cccc(-c4ccccc4)c3C)cc2n1. The summed E-state index contributed by atoms with van der Waals surface area (Å²) in [6.07, 6.45) is 1.36. The highest BCUT2D eigenvalue weighted by atomic mass is 16.5. The maximum atomic E-state index is 11.6. The summed E-state index contributed by atoms with van der Waals surface area (Å²) in [5, 5.41) is 0. The van der Waals surface area contributed by atoms with Gasteiger partial charge in [-0.05, 0) is 23.6 Å². The summed E-state index contributed by atoms with van der Waals surface area (Å²) in [6.45, 7) is 2.06. The molecule has 0 fully saturated rings. The van der Waals surface area contributed by atoms with Crippen molar-refractivity contribution >= 4 is 17.2 Å². The van der Waals surface area contributed by atoms with Crippen LogP contribution in [0.4, 0.5) is 0 Å². The Labute approximate surface area is 150 Å². The third kappa shape index (κ3) is 2.73. The number of hydrogen-bond donors (Lipinski definition) is 0. The molecule has 5 nitrogen and oxygen atoms in total. The van der Waals surface area contributed by atoms with Crippen LogP contribution in [-0.4, -0.2) is 23.0 Å². The van der Waals surface area contributed by atoms with Gasteiger partial charge in [0.2, 0.25) is 5.71 Å². The van der Waals surface area contributed by atoms with Crippen molar-refractivity contribution in [3.05, 3.63) is 72.1 Å². The number of rotatable bonds is 3. The molecule has 128 valence electrons. The summed E-state index contributed by atoms with van der Waals surface area (Å²) >= 11 is 0. The Morgan fingerprint density at radius 1 is 1.04 bits per heavy atom. The number of hydrogen-bond acceptors (Lipinski definition) is 5. The van der Waals surface area contributed by atoms with Crippen molar-refractivity contribution in [2.45, 2.75) is 6.92 Å². The van der Waals surface area contributed by atoms with Gasteiger partial charge in [-0.15, -0.1) is 0 Å². The average Bonchev–Trinajstić information content (AvgIpc) is 3.11. The lowest BCUT2D eigenvalue weighted by molar-refractivity contribution is 0.0594. The Hall–Kier alpha value is -3.47. The number of carbonyl (C=O) groups excluding carboxylic acids is 1. The minimum Gasteiger partial charge on any atom is -0.464 e. The van der Waals surface area contributed by atoms with Gasteiger partial charge in [-0.2, -0.15) is 0 Å². The second-order valence-electron chi connectivity index (χ2n) is 5.89. The largest absolute Gasteiger partial charge is 0.464 e. The summed E-state index contributed by atoms with van der Waals surface area (Å²) in [6, 6.07) is 18.1. The van der Waals surface area contributed by atoms with E-state index in [1.165, 1.54) is 13.3 Å². The van der Waals surface area contributed by atoms with Gasteiger partial charge in [-0.1, -0.05) is 48.5 Å². The molecule has 0 atom stereocenters. The van der Waals surface area contributed by atoms with Gasteiger partial charge < -0.3 is 9.15 Å². The summed E-state index contributed by atoms with van der Waals surface area (Å²) in [7, 11) is 1.31. The Morgan fingerprint density at radius 2 is 1.81 bits per heavy atom. The number of furan rings is 1. The Kier molecular flexibility index (Phi) is 3.97. The molecule has 26 heavy (non-hydrogen) atoms. The number of methoxy groups -OCH3 is 1. The first-order valence-electron chi connectivity index (χ1n) is 8.17. The lowest BCUT2D eigenvalue weighted by Gasteiger charge is -2.09. The zero-order valence-corrected chi connectivity index (χ0v) is 14.4. The zero-order chi connectivity index (χ0) is 18.1. The molecule has 0 saturated carbocycles. The second kappa shape index (κ2) is 6.44. The smallest absolute Gasteiger partial charge is 0.358 e. The third-order valence-corrected chi connectivity index (χ3v) is 4.32. The van der Waals surface area contributed by atoms with E-state index < -0.39 is 5.97 Å². The molecule has 0 radical (unpaired) electrons. The van der Waals surface area contributed by atoms with Crippen molar-refractivity contribution in [2.24, 2.45) is 0 Å². The molecule has 0 N–H and O–H groups in total. The van der Waals surface area contributed by atoms with Gasteiger partial charge in [-0.3, -0.25) is 0 Å². The molecular weight excluding hydrogens is 328 g/mol. The molecule has 0 aliphatic carbocycles. The van der Waals surface area contributed by atoms with Crippen molar-refractivity contribution in [2.75, 3.05) is 7.11 Å². The fourth-order valence-corrected chi connectivity index (χ4v) is 2.99. The first kappa shape index (κ1) is 16.0. The van der Waals surface area contributed by atoms with E-state index in [4.69, 9.17) is 4.42 Å². The van der Waals surface area contributed by atoms with Crippen LogP contribution in [0, 0.1) is 6.92 Å². The summed E-state index contributed by atoms with van der Waals surface area (Å²) in [5.74, 6) is 0.140. The van der Waals surface area contributed by atoms with E-state index in [0.29, 0.717) is 17.0 Å². The molecule has 0 unspecified atom stereocenters. The molecule has 4 rings (SSSR count). The van der Waals surface area contributed by atoms with Crippen molar-refractivity contribution in [3.63, 3.8) is 0 Å². The van der Waals surface area contributed by atoms with Gasteiger partial charge in [0.05, 0.1) is 13.3 Å². The number of ether oxygens (including phenoxy) is 1. The van der Waals surface area contributed by atoms with Gasteiger partial charge in [-0.25, -0.2) is 14.8 Å². The number of esters is 1. The monoisotopic (exact) mass is 344 g/mol. The van der Waals surface area contributed by atoms with Crippen LogP contribution in [0.5, 0.6) is 0 Å². The van der Waals surface area contributed by atoms with Crippen LogP contribution < -0.4 is 0 Å². The molecule has 2 aromatic heterocycles. The molecule has 0 aliphatic rings. The quantitative estimate of drug-likeness (QED) is 0.506. The fraction of sp³-hybridized carbons (Fsp3) is 0.0952. The van der Waals surface area contributed by atoms with Crippen LogP contribution >= 0.6 is 0 Å². The molecule has 2 heterocycles. The highest BCUT2D eigenvalue weighted by molar-refractivity contribution is 5.89. The van der Waals surface area contributed by atoms with Crippen molar-refractivity contribution in [1.29, 1.82) is 0 Å². The van der Waals surface area contributed by atoms with E-state index in [2.05, 4.69) is 39.8 Å². The Morgan fingerprint density at radius 3 is 2.58 bits per heavy atom. The first-order valence-corrected chi connectivity index (χ1v) is 8.17. The van der Waals surface area contributed by atoms with Gasteiger partial charge in [0.1, 0.15) is 11.3 Å². The van der Waals surface area contributed by atoms with E-state index >= 15 is 0 Å². The lowest BCUT2D eigenvalue weighted by atomic mass is 9.95. The van der Waals surface area contributed by atoms with Crippen LogP contribution in [-0.2, 0) is 4.74 Å². The first-order chi connectivity index (χ1) is 12.7. The predicted octanol–water partition coefficient (Wildman–Crippen LogP) is 4.65.